The first kappa shape index (κ1) is 16.3. The number of benzene rings is 1. The Hall–Kier alpha value is -1.04. The number of aliphatic hydroxyl groups is 1. The Morgan fingerprint density at radius 1 is 1.29 bits per heavy atom. The van der Waals surface area contributed by atoms with E-state index in [0.717, 1.165) is 25.2 Å². The van der Waals surface area contributed by atoms with Crippen molar-refractivity contribution in [1.82, 2.24) is 10.2 Å². The molecule has 0 saturated carbocycles. The van der Waals surface area contributed by atoms with E-state index in [4.69, 9.17) is 0 Å². The molecule has 0 bridgehead atoms. The largest absolute Gasteiger partial charge is 0.390 e. The lowest BCUT2D eigenvalue weighted by Gasteiger charge is -2.23. The number of aliphatic hydroxyl groups excluding tert-OH is 1. The molecule has 21 heavy (non-hydrogen) atoms. The summed E-state index contributed by atoms with van der Waals surface area (Å²) in [7, 11) is 0. The van der Waals surface area contributed by atoms with E-state index >= 15 is 0 Å². The number of hydrogen-bond donors (Lipinski definition) is 2. The molecule has 3 nitrogen and oxygen atoms in total. The zero-order valence-corrected chi connectivity index (χ0v) is 12.5. The van der Waals surface area contributed by atoms with Crippen LogP contribution in [0.3, 0.4) is 0 Å². The van der Waals surface area contributed by atoms with Gasteiger partial charge in [-0.15, -0.1) is 0 Å². The zero-order valence-electron chi connectivity index (χ0n) is 12.5. The Morgan fingerprint density at radius 2 is 2.00 bits per heavy atom. The van der Waals surface area contributed by atoms with Crippen molar-refractivity contribution in [2.45, 2.75) is 38.3 Å². The van der Waals surface area contributed by atoms with Crippen LogP contribution in [-0.2, 0) is 0 Å². The predicted octanol–water partition coefficient (Wildman–Crippen LogP) is 2.46. The fraction of sp³-hybridized carbons (Fsp3) is 0.625. The molecule has 1 aliphatic heterocycles. The highest BCUT2D eigenvalue weighted by Gasteiger charge is 2.19. The normalized spacial score (nSPS) is 18.9. The molecule has 1 fully saturated rings. The number of halogens is 2. The van der Waals surface area contributed by atoms with Gasteiger partial charge in [0.2, 0.25) is 0 Å². The highest BCUT2D eigenvalue weighted by Crippen LogP contribution is 2.21. The Labute approximate surface area is 125 Å². The second-order valence-corrected chi connectivity index (χ2v) is 5.70. The minimum Gasteiger partial charge on any atom is -0.390 e. The van der Waals surface area contributed by atoms with Gasteiger partial charge < -0.3 is 15.3 Å². The Morgan fingerprint density at radius 3 is 2.67 bits per heavy atom. The minimum absolute atomic E-state index is 0.283. The monoisotopic (exact) mass is 298 g/mol. The molecule has 5 heteroatoms. The van der Waals surface area contributed by atoms with Crippen molar-refractivity contribution >= 4 is 0 Å². The van der Waals surface area contributed by atoms with Gasteiger partial charge in [0.1, 0.15) is 11.6 Å². The summed E-state index contributed by atoms with van der Waals surface area (Å²) >= 11 is 0. The first-order chi connectivity index (χ1) is 10.1. The maximum atomic E-state index is 13.8. The van der Waals surface area contributed by atoms with Crippen molar-refractivity contribution in [1.29, 1.82) is 0 Å². The lowest BCUT2D eigenvalue weighted by atomic mass is 10.0. The lowest BCUT2D eigenvalue weighted by Crippen LogP contribution is -2.38. The molecular formula is C16H24F2N2O. The second kappa shape index (κ2) is 7.82. The summed E-state index contributed by atoms with van der Waals surface area (Å²) in [5.41, 5.74) is 0.325. The standard InChI is InChI=1S/C16H24F2N2O/c1-2-16(14-9-12(17)5-6-15(14)18)19-10-13(21)11-20-7-3-4-8-20/h5-6,9,13,16,19,21H,2-4,7-8,10-11H2,1H3. The molecule has 1 aliphatic rings. The molecule has 2 N–H and O–H groups in total. The van der Waals surface area contributed by atoms with Crippen LogP contribution in [0.5, 0.6) is 0 Å². The number of likely N-dealkylation sites (tertiary alicyclic amines) is 1. The van der Waals surface area contributed by atoms with Crippen LogP contribution in [0.15, 0.2) is 18.2 Å². The van der Waals surface area contributed by atoms with Gasteiger partial charge in [-0.05, 0) is 50.6 Å². The van der Waals surface area contributed by atoms with Gasteiger partial charge in [0.05, 0.1) is 6.10 Å². The second-order valence-electron chi connectivity index (χ2n) is 5.70. The van der Waals surface area contributed by atoms with Crippen molar-refractivity contribution in [2.75, 3.05) is 26.2 Å². The number of nitrogens with one attached hydrogen (secondary N) is 1. The average molecular weight is 298 g/mol. The van der Waals surface area contributed by atoms with Gasteiger partial charge in [0.15, 0.2) is 0 Å². The Balaban J connectivity index is 1.88. The third-order valence-corrected chi connectivity index (χ3v) is 4.01. The van der Waals surface area contributed by atoms with Crippen molar-refractivity contribution in [3.8, 4) is 0 Å². The van der Waals surface area contributed by atoms with Crippen molar-refractivity contribution < 1.29 is 13.9 Å². The molecule has 1 saturated heterocycles. The summed E-state index contributed by atoms with van der Waals surface area (Å²) in [5, 5.41) is 13.2. The van der Waals surface area contributed by atoms with E-state index < -0.39 is 17.7 Å². The summed E-state index contributed by atoms with van der Waals surface area (Å²) in [6.45, 7) is 4.99. The summed E-state index contributed by atoms with van der Waals surface area (Å²) in [6.07, 6.45) is 2.52. The molecule has 1 aromatic rings. The summed E-state index contributed by atoms with van der Waals surface area (Å²) < 4.78 is 27.0. The maximum absolute atomic E-state index is 13.8. The highest BCUT2D eigenvalue weighted by atomic mass is 19.1. The fourth-order valence-corrected chi connectivity index (χ4v) is 2.86. The fourth-order valence-electron chi connectivity index (χ4n) is 2.86. The van der Waals surface area contributed by atoms with Gasteiger partial charge in [-0.1, -0.05) is 6.92 Å². The molecule has 0 spiro atoms. The molecule has 0 amide bonds. The van der Waals surface area contributed by atoms with Gasteiger partial charge >= 0.3 is 0 Å². The predicted molar refractivity (Wildman–Crippen MR) is 79.1 cm³/mol. The van der Waals surface area contributed by atoms with Crippen LogP contribution >= 0.6 is 0 Å². The van der Waals surface area contributed by atoms with Crippen LogP contribution in [0.4, 0.5) is 8.78 Å². The van der Waals surface area contributed by atoms with Gasteiger partial charge in [-0.25, -0.2) is 8.78 Å². The quantitative estimate of drug-likeness (QED) is 0.812. The molecule has 118 valence electrons. The molecule has 1 aromatic carbocycles. The molecular weight excluding hydrogens is 274 g/mol. The average Bonchev–Trinajstić information content (AvgIpc) is 2.96. The van der Waals surface area contributed by atoms with Crippen LogP contribution in [0.2, 0.25) is 0 Å². The van der Waals surface area contributed by atoms with E-state index in [0.29, 0.717) is 25.1 Å². The third kappa shape index (κ3) is 4.73. The van der Waals surface area contributed by atoms with E-state index in [1.54, 1.807) is 0 Å². The van der Waals surface area contributed by atoms with Gasteiger partial charge in [0, 0.05) is 24.7 Å². The Kier molecular flexibility index (Phi) is 6.08. The van der Waals surface area contributed by atoms with Crippen LogP contribution in [0, 0.1) is 11.6 Å². The van der Waals surface area contributed by atoms with Crippen molar-refractivity contribution in [2.24, 2.45) is 0 Å². The van der Waals surface area contributed by atoms with Crippen LogP contribution in [0.1, 0.15) is 37.8 Å². The first-order valence-corrected chi connectivity index (χ1v) is 7.69. The molecule has 2 unspecified atom stereocenters. The van der Waals surface area contributed by atoms with Crippen molar-refractivity contribution in [3.63, 3.8) is 0 Å². The summed E-state index contributed by atoms with van der Waals surface area (Å²) in [4.78, 5) is 2.23. The number of nitrogens with zero attached hydrogens (tertiary/aromatic N) is 1. The van der Waals surface area contributed by atoms with Gasteiger partial charge in [-0.3, -0.25) is 0 Å². The molecule has 0 aliphatic carbocycles. The minimum atomic E-state index is -0.492. The van der Waals surface area contributed by atoms with Gasteiger partial charge in [0.25, 0.3) is 0 Å². The molecule has 2 rings (SSSR count). The van der Waals surface area contributed by atoms with E-state index in [2.05, 4.69) is 10.2 Å². The zero-order chi connectivity index (χ0) is 15.2. The van der Waals surface area contributed by atoms with E-state index in [1.165, 1.54) is 18.9 Å². The molecule has 1 heterocycles. The Bertz CT molecular complexity index is 450. The van der Waals surface area contributed by atoms with Gasteiger partial charge in [-0.2, -0.15) is 0 Å². The lowest BCUT2D eigenvalue weighted by molar-refractivity contribution is 0.120. The summed E-state index contributed by atoms with van der Waals surface area (Å²) in [6, 6.07) is 3.21. The van der Waals surface area contributed by atoms with E-state index in [1.807, 2.05) is 6.92 Å². The number of hydrogen-bond acceptors (Lipinski definition) is 3. The summed E-state index contributed by atoms with van der Waals surface area (Å²) in [5.74, 6) is -0.853. The number of rotatable bonds is 7. The molecule has 2 atom stereocenters. The van der Waals surface area contributed by atoms with E-state index in [9.17, 15) is 13.9 Å². The first-order valence-electron chi connectivity index (χ1n) is 7.69. The molecule has 0 aromatic heterocycles. The van der Waals surface area contributed by atoms with Crippen LogP contribution < -0.4 is 5.32 Å². The van der Waals surface area contributed by atoms with Crippen molar-refractivity contribution in [3.05, 3.63) is 35.4 Å². The number of β-amino-alcohol motifs (C(OH)–C–C–N with tert-alkyl or cyclic N) is 1. The topological polar surface area (TPSA) is 35.5 Å². The maximum Gasteiger partial charge on any atom is 0.128 e. The SMILES string of the molecule is CCC(NCC(O)CN1CCCC1)c1cc(F)ccc1F. The van der Waals surface area contributed by atoms with Crippen LogP contribution in [-0.4, -0.2) is 42.3 Å². The van der Waals surface area contributed by atoms with E-state index in [-0.39, 0.29) is 6.04 Å². The molecule has 0 radical (unpaired) electrons. The van der Waals surface area contributed by atoms with Crippen LogP contribution in [0.25, 0.3) is 0 Å². The highest BCUT2D eigenvalue weighted by molar-refractivity contribution is 5.22. The third-order valence-electron chi connectivity index (χ3n) is 4.01. The smallest absolute Gasteiger partial charge is 0.128 e.